The van der Waals surface area contributed by atoms with E-state index in [2.05, 4.69) is 10.6 Å². The predicted molar refractivity (Wildman–Crippen MR) is 120 cm³/mol. The Balaban J connectivity index is 1.20. The molecule has 1 atom stereocenters. The van der Waals surface area contributed by atoms with E-state index in [1.54, 1.807) is 0 Å². The van der Waals surface area contributed by atoms with E-state index in [0.717, 1.165) is 21.6 Å². The van der Waals surface area contributed by atoms with Gasteiger partial charge in [0.25, 0.3) is 5.91 Å². The summed E-state index contributed by atoms with van der Waals surface area (Å²) >= 11 is 0. The van der Waals surface area contributed by atoms with Gasteiger partial charge in [0, 0.05) is 6.42 Å². The highest BCUT2D eigenvalue weighted by atomic mass is 16.5. The van der Waals surface area contributed by atoms with Gasteiger partial charge in [-0.15, -0.1) is 0 Å². The number of carbonyl (C=O) groups is 4. The van der Waals surface area contributed by atoms with Crippen molar-refractivity contribution in [2.45, 2.75) is 38.1 Å². The van der Waals surface area contributed by atoms with Gasteiger partial charge in [0.1, 0.15) is 18.7 Å². The maximum absolute atomic E-state index is 13.0. The Bertz CT molecular complexity index is 1080. The number of esters is 1. The van der Waals surface area contributed by atoms with Gasteiger partial charge < -0.3 is 15.4 Å². The highest BCUT2D eigenvalue weighted by Crippen LogP contribution is 2.41. The number of aryl methyl sites for hydroxylation is 3. The van der Waals surface area contributed by atoms with Crippen LogP contribution in [0.1, 0.15) is 35.1 Å². The Morgan fingerprint density at radius 1 is 1.12 bits per heavy atom. The maximum Gasteiger partial charge on any atom is 0.326 e. The molecule has 0 bridgehead atoms. The van der Waals surface area contributed by atoms with Crippen molar-refractivity contribution in [1.82, 2.24) is 15.5 Å². The molecule has 1 unspecified atom stereocenters. The Morgan fingerprint density at radius 2 is 1.88 bits per heavy atom. The van der Waals surface area contributed by atoms with Gasteiger partial charge in [-0.1, -0.05) is 54.1 Å². The number of nitrogens with one attached hydrogen (secondary N) is 2. The van der Waals surface area contributed by atoms with Gasteiger partial charge in [0.05, 0.1) is 6.54 Å². The summed E-state index contributed by atoms with van der Waals surface area (Å²) in [6.07, 6.45) is 2.12. The van der Waals surface area contributed by atoms with Crippen LogP contribution >= 0.6 is 0 Å². The summed E-state index contributed by atoms with van der Waals surface area (Å²) < 4.78 is 5.12. The molecule has 2 aliphatic rings. The molecule has 4 amide bonds. The van der Waals surface area contributed by atoms with Crippen molar-refractivity contribution >= 4 is 23.8 Å². The van der Waals surface area contributed by atoms with Crippen LogP contribution in [-0.4, -0.2) is 48.4 Å². The number of rotatable bonds is 8. The van der Waals surface area contributed by atoms with E-state index >= 15 is 0 Å². The lowest BCUT2D eigenvalue weighted by molar-refractivity contribution is -0.148. The van der Waals surface area contributed by atoms with Crippen molar-refractivity contribution in [1.29, 1.82) is 0 Å². The molecule has 4 rings (SSSR count). The standard InChI is InChI=1S/C25H27N3O5/c1-17-6-8-18(9-7-17)10-11-21(29)26-14-15-33-22(30)16-28-23(31)25(27-24(28)32)13-12-19-4-2-3-5-20(19)25/h2-9H,10-16H2,1H3,(H,26,29)(H,27,32). The number of imide groups is 1. The van der Waals surface area contributed by atoms with Crippen LogP contribution in [0, 0.1) is 6.92 Å². The molecule has 1 aliphatic heterocycles. The molecule has 1 aliphatic carbocycles. The largest absolute Gasteiger partial charge is 0.462 e. The monoisotopic (exact) mass is 449 g/mol. The van der Waals surface area contributed by atoms with Gasteiger partial charge in [0.2, 0.25) is 5.91 Å². The van der Waals surface area contributed by atoms with Gasteiger partial charge in [-0.05, 0) is 42.9 Å². The van der Waals surface area contributed by atoms with E-state index < -0.39 is 30.0 Å². The lowest BCUT2D eigenvalue weighted by atomic mass is 9.92. The van der Waals surface area contributed by atoms with Crippen LogP contribution in [0.4, 0.5) is 4.79 Å². The molecular weight excluding hydrogens is 422 g/mol. The molecule has 1 heterocycles. The first-order valence-corrected chi connectivity index (χ1v) is 11.1. The average Bonchev–Trinajstić information content (AvgIpc) is 3.29. The number of nitrogens with zero attached hydrogens (tertiary/aromatic N) is 1. The summed E-state index contributed by atoms with van der Waals surface area (Å²) in [6.45, 7) is 1.67. The van der Waals surface area contributed by atoms with Crippen molar-refractivity contribution in [2.75, 3.05) is 19.7 Å². The molecule has 172 valence electrons. The number of ether oxygens (including phenoxy) is 1. The van der Waals surface area contributed by atoms with E-state index in [1.165, 1.54) is 5.56 Å². The Morgan fingerprint density at radius 3 is 2.67 bits per heavy atom. The fourth-order valence-electron chi connectivity index (χ4n) is 4.36. The van der Waals surface area contributed by atoms with E-state index in [1.807, 2.05) is 55.5 Å². The van der Waals surface area contributed by atoms with E-state index in [0.29, 0.717) is 25.7 Å². The summed E-state index contributed by atoms with van der Waals surface area (Å²) in [5.41, 5.74) is 2.96. The van der Waals surface area contributed by atoms with Crippen molar-refractivity contribution in [3.05, 3.63) is 70.8 Å². The molecule has 33 heavy (non-hydrogen) atoms. The minimum absolute atomic E-state index is 0.0350. The number of carbonyl (C=O) groups excluding carboxylic acids is 4. The SMILES string of the molecule is Cc1ccc(CCC(=O)NCCOC(=O)CN2C(=O)NC3(CCc4ccccc43)C2=O)cc1. The van der Waals surface area contributed by atoms with Crippen molar-refractivity contribution in [2.24, 2.45) is 0 Å². The molecule has 2 aromatic carbocycles. The summed E-state index contributed by atoms with van der Waals surface area (Å²) in [7, 11) is 0. The molecule has 2 N–H and O–H groups in total. The third kappa shape index (κ3) is 4.74. The summed E-state index contributed by atoms with van der Waals surface area (Å²) in [5.74, 6) is -1.27. The van der Waals surface area contributed by atoms with Crippen molar-refractivity contribution in [3.63, 3.8) is 0 Å². The minimum atomic E-state index is -1.10. The topological polar surface area (TPSA) is 105 Å². The Hall–Kier alpha value is -3.68. The summed E-state index contributed by atoms with van der Waals surface area (Å²) in [6, 6.07) is 14.9. The normalized spacial score (nSPS) is 18.9. The van der Waals surface area contributed by atoms with Gasteiger partial charge in [-0.3, -0.25) is 19.3 Å². The van der Waals surface area contributed by atoms with E-state index in [-0.39, 0.29) is 19.1 Å². The van der Waals surface area contributed by atoms with Gasteiger partial charge in [0.15, 0.2) is 0 Å². The first-order valence-electron chi connectivity index (χ1n) is 11.1. The number of benzene rings is 2. The van der Waals surface area contributed by atoms with Crippen LogP contribution < -0.4 is 10.6 Å². The first kappa shape index (κ1) is 22.5. The smallest absolute Gasteiger partial charge is 0.326 e. The van der Waals surface area contributed by atoms with Crippen LogP contribution in [0.5, 0.6) is 0 Å². The highest BCUT2D eigenvalue weighted by Gasteiger charge is 2.55. The molecule has 1 fully saturated rings. The second kappa shape index (κ2) is 9.44. The van der Waals surface area contributed by atoms with Crippen LogP contribution in [-0.2, 0) is 37.5 Å². The summed E-state index contributed by atoms with van der Waals surface area (Å²) in [5, 5.41) is 5.48. The molecule has 8 heteroatoms. The van der Waals surface area contributed by atoms with Crippen LogP contribution in [0.25, 0.3) is 0 Å². The number of urea groups is 1. The zero-order chi connectivity index (χ0) is 23.4. The minimum Gasteiger partial charge on any atom is -0.462 e. The lowest BCUT2D eigenvalue weighted by Gasteiger charge is -2.22. The first-order chi connectivity index (χ1) is 15.9. The fraction of sp³-hybridized carbons (Fsp3) is 0.360. The molecule has 8 nitrogen and oxygen atoms in total. The molecule has 1 saturated heterocycles. The number of hydrogen-bond donors (Lipinski definition) is 2. The number of hydrogen-bond acceptors (Lipinski definition) is 5. The van der Waals surface area contributed by atoms with Crippen molar-refractivity contribution in [3.8, 4) is 0 Å². The number of amides is 4. The molecule has 2 aromatic rings. The quantitative estimate of drug-likeness (QED) is 0.364. The lowest BCUT2D eigenvalue weighted by Crippen LogP contribution is -2.42. The third-order valence-electron chi connectivity index (χ3n) is 6.16. The Kier molecular flexibility index (Phi) is 6.44. The highest BCUT2D eigenvalue weighted by molar-refractivity contribution is 6.09. The van der Waals surface area contributed by atoms with Gasteiger partial charge in [-0.2, -0.15) is 0 Å². The second-order valence-corrected chi connectivity index (χ2v) is 8.44. The molecule has 0 aromatic heterocycles. The Labute approximate surface area is 192 Å². The molecule has 0 radical (unpaired) electrons. The van der Waals surface area contributed by atoms with E-state index in [4.69, 9.17) is 4.74 Å². The second-order valence-electron chi connectivity index (χ2n) is 8.44. The fourth-order valence-corrected chi connectivity index (χ4v) is 4.36. The number of fused-ring (bicyclic) bond motifs is 2. The summed E-state index contributed by atoms with van der Waals surface area (Å²) in [4.78, 5) is 50.6. The average molecular weight is 450 g/mol. The molecule has 1 spiro atoms. The molecule has 0 saturated carbocycles. The van der Waals surface area contributed by atoms with Gasteiger partial charge >= 0.3 is 12.0 Å². The van der Waals surface area contributed by atoms with Crippen molar-refractivity contribution < 1.29 is 23.9 Å². The predicted octanol–water partition coefficient (Wildman–Crippen LogP) is 1.98. The zero-order valence-electron chi connectivity index (χ0n) is 18.6. The zero-order valence-corrected chi connectivity index (χ0v) is 18.6. The van der Waals surface area contributed by atoms with Crippen LogP contribution in [0.15, 0.2) is 48.5 Å². The molecular formula is C25H27N3O5. The van der Waals surface area contributed by atoms with E-state index in [9.17, 15) is 19.2 Å². The van der Waals surface area contributed by atoms with Gasteiger partial charge in [-0.25, -0.2) is 4.79 Å². The third-order valence-corrected chi connectivity index (χ3v) is 6.16. The van der Waals surface area contributed by atoms with Crippen LogP contribution in [0.2, 0.25) is 0 Å². The van der Waals surface area contributed by atoms with Crippen LogP contribution in [0.3, 0.4) is 0 Å². The maximum atomic E-state index is 13.0.